The zero-order valence-electron chi connectivity index (χ0n) is 11.3. The first-order valence-electron chi connectivity index (χ1n) is 6.51. The van der Waals surface area contributed by atoms with Crippen molar-refractivity contribution in [2.75, 3.05) is 5.32 Å². The number of rotatable bonds is 3. The van der Waals surface area contributed by atoms with Crippen LogP contribution in [0.2, 0.25) is 10.0 Å². The maximum atomic E-state index is 13.2. The molecule has 0 bridgehead atoms. The number of fused-ring (bicyclic) bond motifs is 1. The normalized spacial score (nSPS) is 10.9. The van der Waals surface area contributed by atoms with Gasteiger partial charge in [-0.05, 0) is 42.5 Å². The lowest BCUT2D eigenvalue weighted by Gasteiger charge is -2.08. The number of aromatic nitrogens is 1. The van der Waals surface area contributed by atoms with E-state index in [1.54, 1.807) is 41.1 Å². The third kappa shape index (κ3) is 3.24. The molecule has 0 aliphatic rings. The van der Waals surface area contributed by atoms with Crippen molar-refractivity contribution in [3.05, 3.63) is 64.5 Å². The first kappa shape index (κ1) is 14.9. The van der Waals surface area contributed by atoms with Crippen molar-refractivity contribution in [1.29, 1.82) is 0 Å². The number of benzene rings is 2. The van der Waals surface area contributed by atoms with Gasteiger partial charge in [-0.1, -0.05) is 23.2 Å². The SMILES string of the molecule is O=C(Cn1ccc2cc(F)ccc21)Nc1cc(Cl)cc(Cl)c1. The van der Waals surface area contributed by atoms with Crippen LogP contribution < -0.4 is 5.32 Å². The summed E-state index contributed by atoms with van der Waals surface area (Å²) in [6, 6.07) is 11.0. The van der Waals surface area contributed by atoms with Crippen LogP contribution in [0.4, 0.5) is 10.1 Å². The van der Waals surface area contributed by atoms with E-state index in [0.29, 0.717) is 15.7 Å². The molecule has 0 radical (unpaired) electrons. The minimum Gasteiger partial charge on any atom is -0.338 e. The number of hydrogen-bond donors (Lipinski definition) is 1. The average molecular weight is 337 g/mol. The number of nitrogens with one attached hydrogen (secondary N) is 1. The summed E-state index contributed by atoms with van der Waals surface area (Å²) in [5, 5.41) is 4.38. The van der Waals surface area contributed by atoms with Crippen LogP contribution in [-0.2, 0) is 11.3 Å². The first-order valence-corrected chi connectivity index (χ1v) is 7.27. The van der Waals surface area contributed by atoms with Gasteiger partial charge in [0.25, 0.3) is 0 Å². The van der Waals surface area contributed by atoms with Crippen LogP contribution in [0, 0.1) is 5.82 Å². The largest absolute Gasteiger partial charge is 0.338 e. The van der Waals surface area contributed by atoms with Crippen LogP contribution in [0.25, 0.3) is 10.9 Å². The highest BCUT2D eigenvalue weighted by Gasteiger charge is 2.08. The lowest BCUT2D eigenvalue weighted by atomic mass is 10.2. The van der Waals surface area contributed by atoms with E-state index in [0.717, 1.165) is 10.9 Å². The van der Waals surface area contributed by atoms with E-state index in [1.807, 2.05) is 0 Å². The fraction of sp³-hybridized carbons (Fsp3) is 0.0625. The Kier molecular flexibility index (Phi) is 4.05. The van der Waals surface area contributed by atoms with Gasteiger partial charge in [-0.2, -0.15) is 0 Å². The van der Waals surface area contributed by atoms with Crippen molar-refractivity contribution in [1.82, 2.24) is 4.57 Å². The summed E-state index contributed by atoms with van der Waals surface area (Å²) in [6.07, 6.45) is 1.74. The Labute approximate surface area is 136 Å². The van der Waals surface area contributed by atoms with Crippen molar-refractivity contribution in [2.24, 2.45) is 0 Å². The van der Waals surface area contributed by atoms with Crippen LogP contribution in [0.3, 0.4) is 0 Å². The second-order valence-corrected chi connectivity index (χ2v) is 5.73. The number of carbonyl (C=O) groups excluding carboxylic acids is 1. The highest BCUT2D eigenvalue weighted by molar-refractivity contribution is 6.35. The second kappa shape index (κ2) is 5.99. The van der Waals surface area contributed by atoms with Crippen LogP contribution in [-0.4, -0.2) is 10.5 Å². The number of nitrogens with zero attached hydrogens (tertiary/aromatic N) is 1. The lowest BCUT2D eigenvalue weighted by Crippen LogP contribution is -2.18. The van der Waals surface area contributed by atoms with Crippen LogP contribution >= 0.6 is 23.2 Å². The fourth-order valence-corrected chi connectivity index (χ4v) is 2.82. The Morgan fingerprint density at radius 2 is 1.82 bits per heavy atom. The summed E-state index contributed by atoms with van der Waals surface area (Å²) in [7, 11) is 0. The minimum absolute atomic E-state index is 0.110. The van der Waals surface area contributed by atoms with Gasteiger partial charge in [-0.25, -0.2) is 4.39 Å². The third-order valence-corrected chi connectivity index (χ3v) is 3.63. The minimum atomic E-state index is -0.303. The molecule has 3 nitrogen and oxygen atoms in total. The molecule has 1 amide bonds. The zero-order valence-corrected chi connectivity index (χ0v) is 12.8. The predicted molar refractivity (Wildman–Crippen MR) is 87.0 cm³/mol. The van der Waals surface area contributed by atoms with E-state index < -0.39 is 0 Å². The maximum absolute atomic E-state index is 13.2. The number of carbonyl (C=O) groups is 1. The first-order chi connectivity index (χ1) is 10.5. The Balaban J connectivity index is 1.78. The molecule has 1 aromatic heterocycles. The van der Waals surface area contributed by atoms with E-state index in [4.69, 9.17) is 23.2 Å². The summed E-state index contributed by atoms with van der Waals surface area (Å²) >= 11 is 11.8. The number of halogens is 3. The summed E-state index contributed by atoms with van der Waals surface area (Å²) in [4.78, 5) is 12.1. The van der Waals surface area contributed by atoms with Gasteiger partial charge in [0.05, 0.1) is 0 Å². The van der Waals surface area contributed by atoms with Crippen molar-refractivity contribution in [3.8, 4) is 0 Å². The zero-order chi connectivity index (χ0) is 15.7. The van der Waals surface area contributed by atoms with Crippen LogP contribution in [0.5, 0.6) is 0 Å². The van der Waals surface area contributed by atoms with Gasteiger partial charge in [0.1, 0.15) is 12.4 Å². The van der Waals surface area contributed by atoms with Gasteiger partial charge < -0.3 is 9.88 Å². The standard InChI is InChI=1S/C16H11Cl2FN2O/c17-11-6-12(18)8-14(7-11)20-16(22)9-21-4-3-10-5-13(19)1-2-15(10)21/h1-8H,9H2,(H,20,22). The quantitative estimate of drug-likeness (QED) is 0.737. The Bertz CT molecular complexity index is 840. The van der Waals surface area contributed by atoms with Gasteiger partial charge in [-0.15, -0.1) is 0 Å². The summed E-state index contributed by atoms with van der Waals surface area (Å²) in [6.45, 7) is 0.110. The smallest absolute Gasteiger partial charge is 0.244 e. The molecule has 2 aromatic carbocycles. The molecule has 0 fully saturated rings. The summed E-state index contributed by atoms with van der Waals surface area (Å²) in [5.41, 5.74) is 1.32. The molecule has 6 heteroatoms. The van der Waals surface area contributed by atoms with Crippen molar-refractivity contribution in [2.45, 2.75) is 6.54 Å². The Morgan fingerprint density at radius 1 is 1.09 bits per heavy atom. The van der Waals surface area contributed by atoms with E-state index >= 15 is 0 Å². The van der Waals surface area contributed by atoms with Crippen molar-refractivity contribution >= 4 is 45.7 Å². The van der Waals surface area contributed by atoms with Crippen molar-refractivity contribution < 1.29 is 9.18 Å². The predicted octanol–water partition coefficient (Wildman–Crippen LogP) is 4.73. The molecule has 0 aliphatic heterocycles. The number of amides is 1. The molecule has 3 rings (SSSR count). The van der Waals surface area contributed by atoms with E-state index in [-0.39, 0.29) is 18.3 Å². The maximum Gasteiger partial charge on any atom is 0.244 e. The molecule has 0 saturated heterocycles. The van der Waals surface area contributed by atoms with Gasteiger partial charge in [0.15, 0.2) is 0 Å². The summed E-state index contributed by atoms with van der Waals surface area (Å²) in [5.74, 6) is -0.525. The van der Waals surface area contributed by atoms with Gasteiger partial charge >= 0.3 is 0 Å². The lowest BCUT2D eigenvalue weighted by molar-refractivity contribution is -0.116. The molecule has 112 valence electrons. The molecule has 0 saturated carbocycles. The molecule has 22 heavy (non-hydrogen) atoms. The molecule has 1 N–H and O–H groups in total. The Morgan fingerprint density at radius 3 is 2.55 bits per heavy atom. The molecule has 0 aliphatic carbocycles. The van der Waals surface area contributed by atoms with Gasteiger partial charge in [0.2, 0.25) is 5.91 Å². The number of anilines is 1. The van der Waals surface area contributed by atoms with Gasteiger partial charge in [-0.3, -0.25) is 4.79 Å². The molecule has 0 atom stereocenters. The molecule has 1 heterocycles. The average Bonchev–Trinajstić information content (AvgIpc) is 2.79. The van der Waals surface area contributed by atoms with Gasteiger partial charge in [0, 0.05) is 32.8 Å². The monoisotopic (exact) mass is 336 g/mol. The fourth-order valence-electron chi connectivity index (χ4n) is 2.29. The van der Waals surface area contributed by atoms with E-state index in [9.17, 15) is 9.18 Å². The highest BCUT2D eigenvalue weighted by Crippen LogP contribution is 2.23. The number of hydrogen-bond acceptors (Lipinski definition) is 1. The molecular formula is C16H11Cl2FN2O. The molecule has 3 aromatic rings. The topological polar surface area (TPSA) is 34.0 Å². The van der Waals surface area contributed by atoms with Crippen LogP contribution in [0.15, 0.2) is 48.7 Å². The van der Waals surface area contributed by atoms with E-state index in [2.05, 4.69) is 5.32 Å². The van der Waals surface area contributed by atoms with E-state index in [1.165, 1.54) is 12.1 Å². The highest BCUT2D eigenvalue weighted by atomic mass is 35.5. The van der Waals surface area contributed by atoms with Crippen molar-refractivity contribution in [3.63, 3.8) is 0 Å². The molecular weight excluding hydrogens is 326 g/mol. The van der Waals surface area contributed by atoms with Crippen LogP contribution in [0.1, 0.15) is 0 Å². The molecule has 0 spiro atoms. The summed E-state index contributed by atoms with van der Waals surface area (Å²) < 4.78 is 14.9. The third-order valence-electron chi connectivity index (χ3n) is 3.19. The molecule has 0 unspecified atom stereocenters. The Hall–Kier alpha value is -2.04. The second-order valence-electron chi connectivity index (χ2n) is 4.85.